The van der Waals surface area contributed by atoms with Crippen LogP contribution in [0.25, 0.3) is 0 Å². The molecule has 0 fully saturated rings. The Balaban J connectivity index is 2.15. The number of rotatable bonds is 5. The van der Waals surface area contributed by atoms with Gasteiger partial charge in [-0.1, -0.05) is 22.2 Å². The highest BCUT2D eigenvalue weighted by Crippen LogP contribution is 2.30. The predicted octanol–water partition coefficient (Wildman–Crippen LogP) is 3.89. The summed E-state index contributed by atoms with van der Waals surface area (Å²) >= 11 is 7.09. The molecule has 3 rings (SSSR count). The van der Waals surface area contributed by atoms with E-state index in [1.54, 1.807) is 54.2 Å². The zero-order chi connectivity index (χ0) is 21.0. The zero-order valence-corrected chi connectivity index (χ0v) is 17.7. The largest absolute Gasteiger partial charge is 0.349 e. The maximum Gasteiger partial charge on any atom is 0.280 e. The normalized spacial score (nSPS) is 12.3. The minimum atomic E-state index is -0.960. The molecule has 0 aliphatic rings. The summed E-state index contributed by atoms with van der Waals surface area (Å²) in [6.07, 6.45) is 3.18. The SMILES string of the molecule is CC(C)(C)NC(=O)C(c1cccnc1)N(C(=O)c1csnn1)c1ccc(Cl)cc1. The fraction of sp³-hybridized carbons (Fsp3) is 0.250. The fourth-order valence-electron chi connectivity index (χ4n) is 2.76. The molecule has 1 aromatic carbocycles. The van der Waals surface area contributed by atoms with Gasteiger partial charge in [0, 0.05) is 39.6 Å². The molecular formula is C20H20ClN5O2S. The first-order chi connectivity index (χ1) is 13.8. The molecule has 0 spiro atoms. The van der Waals surface area contributed by atoms with Crippen LogP contribution in [0.2, 0.25) is 5.02 Å². The second-order valence-corrected chi connectivity index (χ2v) is 8.42. The van der Waals surface area contributed by atoms with Crippen molar-refractivity contribution in [3.63, 3.8) is 0 Å². The van der Waals surface area contributed by atoms with Gasteiger partial charge in [0.25, 0.3) is 5.91 Å². The third-order valence-electron chi connectivity index (χ3n) is 3.91. The lowest BCUT2D eigenvalue weighted by Gasteiger charge is -2.33. The third kappa shape index (κ3) is 5.16. The van der Waals surface area contributed by atoms with Crippen molar-refractivity contribution in [1.82, 2.24) is 19.9 Å². The monoisotopic (exact) mass is 429 g/mol. The number of aromatic nitrogens is 3. The van der Waals surface area contributed by atoms with E-state index in [2.05, 4.69) is 19.9 Å². The molecule has 0 saturated heterocycles. The Bertz CT molecular complexity index is 972. The highest BCUT2D eigenvalue weighted by Gasteiger charge is 2.35. The van der Waals surface area contributed by atoms with E-state index < -0.39 is 17.5 Å². The molecule has 7 nitrogen and oxygen atoms in total. The molecule has 150 valence electrons. The quantitative estimate of drug-likeness (QED) is 0.664. The Morgan fingerprint density at radius 3 is 2.45 bits per heavy atom. The van der Waals surface area contributed by atoms with Gasteiger partial charge < -0.3 is 5.32 Å². The maximum absolute atomic E-state index is 13.4. The van der Waals surface area contributed by atoms with E-state index in [4.69, 9.17) is 11.6 Å². The van der Waals surface area contributed by atoms with Crippen molar-refractivity contribution >= 4 is 40.6 Å². The minimum absolute atomic E-state index is 0.155. The lowest BCUT2D eigenvalue weighted by Crippen LogP contribution is -2.49. The molecule has 0 aliphatic heterocycles. The average molecular weight is 430 g/mol. The Hall–Kier alpha value is -2.84. The molecule has 2 aromatic heterocycles. The summed E-state index contributed by atoms with van der Waals surface area (Å²) in [6, 6.07) is 9.23. The van der Waals surface area contributed by atoms with E-state index in [1.807, 2.05) is 20.8 Å². The molecule has 0 aliphatic carbocycles. The van der Waals surface area contributed by atoms with E-state index >= 15 is 0 Å². The molecule has 3 aromatic rings. The smallest absolute Gasteiger partial charge is 0.280 e. The van der Waals surface area contributed by atoms with E-state index in [-0.39, 0.29) is 11.6 Å². The van der Waals surface area contributed by atoms with Crippen LogP contribution in [0.4, 0.5) is 5.69 Å². The summed E-state index contributed by atoms with van der Waals surface area (Å²) < 4.78 is 3.78. The summed E-state index contributed by atoms with van der Waals surface area (Å²) in [7, 11) is 0. The van der Waals surface area contributed by atoms with Gasteiger partial charge in [0.2, 0.25) is 5.91 Å². The van der Waals surface area contributed by atoms with Crippen LogP contribution in [-0.4, -0.2) is 31.9 Å². The van der Waals surface area contributed by atoms with Crippen LogP contribution in [0.3, 0.4) is 0 Å². The molecule has 29 heavy (non-hydrogen) atoms. The Kier molecular flexibility index (Phi) is 6.24. The second-order valence-electron chi connectivity index (χ2n) is 7.37. The summed E-state index contributed by atoms with van der Waals surface area (Å²) in [5.41, 5.74) is 0.738. The van der Waals surface area contributed by atoms with Crippen molar-refractivity contribution < 1.29 is 9.59 Å². The number of anilines is 1. The van der Waals surface area contributed by atoms with Crippen LogP contribution in [0.15, 0.2) is 54.2 Å². The minimum Gasteiger partial charge on any atom is -0.349 e. The maximum atomic E-state index is 13.4. The first kappa shape index (κ1) is 20.9. The molecule has 0 radical (unpaired) electrons. The van der Waals surface area contributed by atoms with Crippen LogP contribution >= 0.6 is 23.1 Å². The molecule has 2 heterocycles. The number of halogens is 1. The predicted molar refractivity (Wildman–Crippen MR) is 113 cm³/mol. The van der Waals surface area contributed by atoms with E-state index in [9.17, 15) is 9.59 Å². The van der Waals surface area contributed by atoms with Crippen LogP contribution in [0.1, 0.15) is 42.9 Å². The van der Waals surface area contributed by atoms with Crippen molar-refractivity contribution in [3.05, 3.63) is 70.5 Å². The van der Waals surface area contributed by atoms with E-state index in [0.717, 1.165) is 11.5 Å². The zero-order valence-electron chi connectivity index (χ0n) is 16.2. The van der Waals surface area contributed by atoms with Gasteiger partial charge in [-0.3, -0.25) is 19.5 Å². The summed E-state index contributed by atoms with van der Waals surface area (Å²) in [6.45, 7) is 5.64. The van der Waals surface area contributed by atoms with Crippen molar-refractivity contribution in [1.29, 1.82) is 0 Å². The lowest BCUT2D eigenvalue weighted by molar-refractivity contribution is -0.123. The standard InChI is InChI=1S/C20H20ClN5O2S/c1-20(2,3)23-18(27)17(13-5-4-10-22-11-13)26(15-8-6-14(21)7-9-15)19(28)16-12-29-25-24-16/h4-12,17H,1-3H3,(H,23,27). The van der Waals surface area contributed by atoms with Crippen LogP contribution in [0.5, 0.6) is 0 Å². The summed E-state index contributed by atoms with van der Waals surface area (Å²) in [5.74, 6) is -0.782. The Morgan fingerprint density at radius 2 is 1.90 bits per heavy atom. The van der Waals surface area contributed by atoms with Crippen LogP contribution in [0, 0.1) is 0 Å². The van der Waals surface area contributed by atoms with Crippen molar-refractivity contribution in [2.75, 3.05) is 4.90 Å². The number of pyridine rings is 1. The number of hydrogen-bond acceptors (Lipinski definition) is 6. The summed E-state index contributed by atoms with van der Waals surface area (Å²) in [5, 5.41) is 8.92. The fourth-order valence-corrected chi connectivity index (χ4v) is 3.32. The number of amides is 2. The Labute approximate surface area is 177 Å². The molecule has 2 amide bonds. The van der Waals surface area contributed by atoms with E-state index in [0.29, 0.717) is 16.3 Å². The number of carbonyl (C=O) groups is 2. The van der Waals surface area contributed by atoms with Gasteiger partial charge in [-0.05, 0) is 62.6 Å². The molecule has 1 N–H and O–H groups in total. The third-order valence-corrected chi connectivity index (χ3v) is 4.66. The number of nitrogens with one attached hydrogen (secondary N) is 1. The van der Waals surface area contributed by atoms with Gasteiger partial charge in [-0.15, -0.1) is 5.10 Å². The molecule has 9 heteroatoms. The number of benzene rings is 1. The van der Waals surface area contributed by atoms with Crippen LogP contribution in [-0.2, 0) is 4.79 Å². The Morgan fingerprint density at radius 1 is 1.17 bits per heavy atom. The second kappa shape index (κ2) is 8.67. The van der Waals surface area contributed by atoms with Gasteiger partial charge in [-0.2, -0.15) is 0 Å². The molecule has 1 atom stereocenters. The molecule has 1 unspecified atom stereocenters. The number of hydrogen-bond donors (Lipinski definition) is 1. The van der Waals surface area contributed by atoms with Crippen molar-refractivity contribution in [2.24, 2.45) is 0 Å². The van der Waals surface area contributed by atoms with Gasteiger partial charge in [0.1, 0.15) is 6.04 Å². The topological polar surface area (TPSA) is 88.1 Å². The van der Waals surface area contributed by atoms with E-state index in [1.165, 1.54) is 4.90 Å². The van der Waals surface area contributed by atoms with Crippen LogP contribution < -0.4 is 10.2 Å². The molecule has 0 saturated carbocycles. The van der Waals surface area contributed by atoms with Crippen molar-refractivity contribution in [3.8, 4) is 0 Å². The molecule has 0 bridgehead atoms. The van der Waals surface area contributed by atoms with Gasteiger partial charge in [-0.25, -0.2) is 0 Å². The van der Waals surface area contributed by atoms with Gasteiger partial charge >= 0.3 is 0 Å². The number of nitrogens with zero attached hydrogens (tertiary/aromatic N) is 4. The number of carbonyl (C=O) groups excluding carboxylic acids is 2. The van der Waals surface area contributed by atoms with Gasteiger partial charge in [0.15, 0.2) is 5.69 Å². The lowest BCUT2D eigenvalue weighted by atomic mass is 10.0. The average Bonchev–Trinajstić information content (AvgIpc) is 3.20. The summed E-state index contributed by atoms with van der Waals surface area (Å²) in [4.78, 5) is 32.2. The van der Waals surface area contributed by atoms with Gasteiger partial charge in [0.05, 0.1) is 0 Å². The highest BCUT2D eigenvalue weighted by atomic mass is 35.5. The highest BCUT2D eigenvalue weighted by molar-refractivity contribution is 7.03. The van der Waals surface area contributed by atoms with Crippen molar-refractivity contribution in [2.45, 2.75) is 32.4 Å². The molecular weight excluding hydrogens is 410 g/mol. The first-order valence-electron chi connectivity index (χ1n) is 8.84. The first-order valence-corrected chi connectivity index (χ1v) is 10.1.